The first kappa shape index (κ1) is 19.9. The number of thioether (sulfide) groups is 1. The summed E-state index contributed by atoms with van der Waals surface area (Å²) in [6, 6.07) is 22.7. The molecule has 3 aromatic carbocycles. The molecule has 31 heavy (non-hydrogen) atoms. The molecular weight excluding hydrogens is 451 g/mol. The summed E-state index contributed by atoms with van der Waals surface area (Å²) in [5.41, 5.74) is 1.50. The summed E-state index contributed by atoms with van der Waals surface area (Å²) in [5.74, 6) is 0.894. The first-order chi connectivity index (χ1) is 15.1. The third-order valence-electron chi connectivity index (χ3n) is 4.73. The molecule has 2 heterocycles. The highest BCUT2D eigenvalue weighted by molar-refractivity contribution is 8.18. The maximum absolute atomic E-state index is 12.5. The second kappa shape index (κ2) is 8.27. The summed E-state index contributed by atoms with van der Waals surface area (Å²) in [6.45, 7) is 0. The van der Waals surface area contributed by atoms with Gasteiger partial charge in [0.25, 0.3) is 5.91 Å². The molecule has 1 fully saturated rings. The molecular formula is C24H14Cl2N2O2S. The van der Waals surface area contributed by atoms with Gasteiger partial charge in [0.15, 0.2) is 5.17 Å². The molecule has 0 aliphatic carbocycles. The van der Waals surface area contributed by atoms with Crippen LogP contribution in [0.2, 0.25) is 10.0 Å². The molecule has 152 valence electrons. The first-order valence-electron chi connectivity index (χ1n) is 9.39. The van der Waals surface area contributed by atoms with Gasteiger partial charge in [-0.2, -0.15) is 0 Å². The van der Waals surface area contributed by atoms with Crippen LogP contribution in [0, 0.1) is 0 Å². The van der Waals surface area contributed by atoms with Crippen molar-refractivity contribution in [3.8, 4) is 11.3 Å². The number of benzene rings is 3. The molecule has 1 saturated heterocycles. The van der Waals surface area contributed by atoms with Crippen molar-refractivity contribution in [2.24, 2.45) is 4.99 Å². The lowest BCUT2D eigenvalue weighted by molar-refractivity contribution is -0.115. The summed E-state index contributed by atoms with van der Waals surface area (Å²) < 4.78 is 5.87. The van der Waals surface area contributed by atoms with Gasteiger partial charge in [-0.25, -0.2) is 4.99 Å². The largest absolute Gasteiger partial charge is 0.457 e. The summed E-state index contributed by atoms with van der Waals surface area (Å²) in [6.07, 6.45) is 1.69. The van der Waals surface area contributed by atoms with Crippen LogP contribution in [-0.4, -0.2) is 11.1 Å². The predicted molar refractivity (Wildman–Crippen MR) is 129 cm³/mol. The second-order valence-corrected chi connectivity index (χ2v) is 8.68. The molecule has 1 amide bonds. The number of nitrogens with one attached hydrogen (secondary N) is 1. The van der Waals surface area contributed by atoms with Crippen LogP contribution >= 0.6 is 35.0 Å². The van der Waals surface area contributed by atoms with E-state index in [1.165, 1.54) is 11.8 Å². The van der Waals surface area contributed by atoms with E-state index in [9.17, 15) is 4.79 Å². The van der Waals surface area contributed by atoms with Gasteiger partial charge in [0, 0.05) is 22.0 Å². The van der Waals surface area contributed by atoms with Crippen LogP contribution < -0.4 is 5.32 Å². The number of aliphatic imine (C=N–C) groups is 1. The zero-order chi connectivity index (χ0) is 21.4. The fraction of sp³-hybridized carbons (Fsp3) is 0. The van der Waals surface area contributed by atoms with E-state index in [0.717, 1.165) is 16.5 Å². The Hall–Kier alpha value is -2.99. The Morgan fingerprint density at radius 1 is 0.968 bits per heavy atom. The second-order valence-electron chi connectivity index (χ2n) is 6.81. The number of halogens is 2. The molecule has 0 saturated carbocycles. The smallest absolute Gasteiger partial charge is 0.264 e. The third kappa shape index (κ3) is 4.12. The number of nitrogens with zero attached hydrogens (tertiary/aromatic N) is 1. The van der Waals surface area contributed by atoms with Crippen molar-refractivity contribution in [1.82, 2.24) is 5.32 Å². The van der Waals surface area contributed by atoms with Crippen molar-refractivity contribution in [3.63, 3.8) is 0 Å². The zero-order valence-electron chi connectivity index (χ0n) is 15.9. The van der Waals surface area contributed by atoms with E-state index in [-0.39, 0.29) is 5.91 Å². The van der Waals surface area contributed by atoms with Crippen molar-refractivity contribution in [3.05, 3.63) is 93.5 Å². The lowest BCUT2D eigenvalue weighted by Crippen LogP contribution is -2.19. The molecule has 0 spiro atoms. The van der Waals surface area contributed by atoms with E-state index in [2.05, 4.69) is 10.3 Å². The Kier molecular flexibility index (Phi) is 5.32. The van der Waals surface area contributed by atoms with Crippen molar-refractivity contribution < 1.29 is 9.21 Å². The Balaban J connectivity index is 1.42. The number of fused-ring (bicyclic) bond motifs is 1. The molecule has 7 heteroatoms. The van der Waals surface area contributed by atoms with E-state index >= 15 is 0 Å². The van der Waals surface area contributed by atoms with Gasteiger partial charge in [-0.15, -0.1) is 0 Å². The minimum Gasteiger partial charge on any atom is -0.457 e. The average Bonchev–Trinajstić information content (AvgIpc) is 3.37. The number of amides is 1. The van der Waals surface area contributed by atoms with Crippen LogP contribution in [0.5, 0.6) is 0 Å². The van der Waals surface area contributed by atoms with Crippen LogP contribution in [0.1, 0.15) is 5.76 Å². The lowest BCUT2D eigenvalue weighted by atomic mass is 10.1. The first-order valence-corrected chi connectivity index (χ1v) is 11.0. The van der Waals surface area contributed by atoms with E-state index in [1.54, 1.807) is 36.4 Å². The van der Waals surface area contributed by atoms with Gasteiger partial charge >= 0.3 is 0 Å². The zero-order valence-corrected chi connectivity index (χ0v) is 18.3. The number of carbonyl (C=O) groups is 1. The number of amidine groups is 1. The Labute approximate surface area is 192 Å². The van der Waals surface area contributed by atoms with Gasteiger partial charge in [-0.3, -0.25) is 4.79 Å². The van der Waals surface area contributed by atoms with E-state index in [4.69, 9.17) is 27.6 Å². The molecule has 5 rings (SSSR count). The number of furan rings is 1. The Bertz CT molecular complexity index is 1390. The van der Waals surface area contributed by atoms with Crippen molar-refractivity contribution >= 4 is 68.6 Å². The standard InChI is InChI=1S/C24H14Cl2N2O2S/c25-15-8-10-19(26)18(12-15)21-11-9-16(30-21)13-22-23(29)28-24(31-22)27-20-7-3-5-14-4-1-2-6-17(14)20/h1-13H,(H,27,28,29). The molecule has 1 aromatic heterocycles. The van der Waals surface area contributed by atoms with Crippen LogP contribution in [0.25, 0.3) is 28.2 Å². The van der Waals surface area contributed by atoms with E-state index in [1.807, 2.05) is 42.5 Å². The summed E-state index contributed by atoms with van der Waals surface area (Å²) in [7, 11) is 0. The molecule has 4 aromatic rings. The lowest BCUT2D eigenvalue weighted by Gasteiger charge is -2.02. The topological polar surface area (TPSA) is 54.6 Å². The van der Waals surface area contributed by atoms with Crippen LogP contribution in [0.3, 0.4) is 0 Å². The fourth-order valence-electron chi connectivity index (χ4n) is 3.29. The van der Waals surface area contributed by atoms with Gasteiger partial charge in [-0.1, -0.05) is 59.6 Å². The highest BCUT2D eigenvalue weighted by Gasteiger charge is 2.24. The normalized spacial score (nSPS) is 16.4. The predicted octanol–water partition coefficient (Wildman–Crippen LogP) is 7.30. The van der Waals surface area contributed by atoms with Gasteiger partial charge in [0.05, 0.1) is 15.6 Å². The quantitative estimate of drug-likeness (QED) is 0.323. The van der Waals surface area contributed by atoms with Gasteiger partial charge in [0.2, 0.25) is 0 Å². The van der Waals surface area contributed by atoms with Crippen molar-refractivity contribution in [2.75, 3.05) is 0 Å². The number of rotatable bonds is 3. The number of hydrogen-bond donors (Lipinski definition) is 1. The molecule has 1 N–H and O–H groups in total. The molecule has 0 unspecified atom stereocenters. The molecule has 1 aliphatic rings. The average molecular weight is 465 g/mol. The monoisotopic (exact) mass is 464 g/mol. The maximum Gasteiger partial charge on any atom is 0.264 e. The van der Waals surface area contributed by atoms with Gasteiger partial charge in [0.1, 0.15) is 11.5 Å². The minimum atomic E-state index is -0.220. The highest BCUT2D eigenvalue weighted by Crippen LogP contribution is 2.34. The summed E-state index contributed by atoms with van der Waals surface area (Å²) in [4.78, 5) is 17.6. The fourth-order valence-corrected chi connectivity index (χ4v) is 4.48. The minimum absolute atomic E-state index is 0.220. The Morgan fingerprint density at radius 2 is 1.81 bits per heavy atom. The molecule has 0 bridgehead atoms. The van der Waals surface area contributed by atoms with E-state index in [0.29, 0.717) is 37.2 Å². The maximum atomic E-state index is 12.5. The van der Waals surface area contributed by atoms with Crippen molar-refractivity contribution in [2.45, 2.75) is 0 Å². The SMILES string of the molecule is O=C1NC(=Nc2cccc3ccccc23)SC1=Cc1ccc(-c2cc(Cl)ccc2Cl)o1. The molecule has 4 nitrogen and oxygen atoms in total. The molecule has 1 aliphatic heterocycles. The highest BCUT2D eigenvalue weighted by atomic mass is 35.5. The van der Waals surface area contributed by atoms with Crippen molar-refractivity contribution in [1.29, 1.82) is 0 Å². The van der Waals surface area contributed by atoms with Gasteiger partial charge in [-0.05, 0) is 53.5 Å². The van der Waals surface area contributed by atoms with Gasteiger partial charge < -0.3 is 9.73 Å². The number of carbonyl (C=O) groups excluding carboxylic acids is 1. The van der Waals surface area contributed by atoms with Crippen LogP contribution in [-0.2, 0) is 4.79 Å². The van der Waals surface area contributed by atoms with E-state index < -0.39 is 0 Å². The number of hydrogen-bond acceptors (Lipinski definition) is 4. The summed E-state index contributed by atoms with van der Waals surface area (Å²) >= 11 is 13.6. The third-order valence-corrected chi connectivity index (χ3v) is 6.21. The molecule has 0 radical (unpaired) electrons. The van der Waals surface area contributed by atoms with Crippen LogP contribution in [0.15, 0.2) is 87.1 Å². The molecule has 0 atom stereocenters. The Morgan fingerprint density at radius 3 is 2.71 bits per heavy atom. The summed E-state index contributed by atoms with van der Waals surface area (Å²) in [5, 5.41) is 6.57. The van der Waals surface area contributed by atoms with Crippen LogP contribution in [0.4, 0.5) is 5.69 Å².